The fourth-order valence-electron chi connectivity index (χ4n) is 4.06. The summed E-state index contributed by atoms with van der Waals surface area (Å²) in [5.74, 6) is 0.999. The molecule has 0 N–H and O–H groups in total. The van der Waals surface area contributed by atoms with Crippen LogP contribution in [0.3, 0.4) is 0 Å². The van der Waals surface area contributed by atoms with Crippen LogP contribution in [0.15, 0.2) is 30.6 Å². The predicted molar refractivity (Wildman–Crippen MR) is 86.5 cm³/mol. The minimum Gasteiger partial charge on any atom is -0.341 e. The van der Waals surface area contributed by atoms with Crippen molar-refractivity contribution in [3.05, 3.63) is 30.6 Å². The first kappa shape index (κ1) is 13.8. The van der Waals surface area contributed by atoms with Crippen LogP contribution >= 0.6 is 0 Å². The van der Waals surface area contributed by atoms with Crippen molar-refractivity contribution in [1.29, 1.82) is 0 Å². The lowest BCUT2D eigenvalue weighted by Gasteiger charge is -2.19. The maximum Gasteiger partial charge on any atom is 0.222 e. The van der Waals surface area contributed by atoms with E-state index in [1.165, 1.54) is 31.2 Å². The number of rotatable bonds is 3. The SMILES string of the molecule is O=C(CC1CCCC1)N1CCC(n2cnc3ccccc32)C1. The molecule has 1 aliphatic carbocycles. The smallest absolute Gasteiger partial charge is 0.222 e. The molecule has 116 valence electrons. The number of nitrogens with zero attached hydrogens (tertiary/aromatic N) is 3. The molecule has 4 heteroatoms. The van der Waals surface area contributed by atoms with Crippen molar-refractivity contribution in [2.75, 3.05) is 13.1 Å². The predicted octanol–water partition coefficient (Wildman–Crippen LogP) is 3.39. The first-order chi connectivity index (χ1) is 10.8. The Bertz CT molecular complexity index is 672. The van der Waals surface area contributed by atoms with Gasteiger partial charge in [-0.05, 0) is 37.3 Å². The molecule has 22 heavy (non-hydrogen) atoms. The van der Waals surface area contributed by atoms with Gasteiger partial charge in [0.1, 0.15) is 0 Å². The van der Waals surface area contributed by atoms with E-state index >= 15 is 0 Å². The Morgan fingerprint density at radius 1 is 1.18 bits per heavy atom. The Balaban J connectivity index is 1.44. The zero-order valence-corrected chi connectivity index (χ0v) is 12.9. The number of carbonyl (C=O) groups is 1. The highest BCUT2D eigenvalue weighted by Crippen LogP contribution is 2.30. The van der Waals surface area contributed by atoms with E-state index in [0.29, 0.717) is 17.9 Å². The van der Waals surface area contributed by atoms with Crippen LogP contribution in [-0.2, 0) is 4.79 Å². The normalized spacial score (nSPS) is 22.7. The Morgan fingerprint density at radius 3 is 2.86 bits per heavy atom. The van der Waals surface area contributed by atoms with Crippen LogP contribution < -0.4 is 0 Å². The highest BCUT2D eigenvalue weighted by atomic mass is 16.2. The van der Waals surface area contributed by atoms with Crippen molar-refractivity contribution in [1.82, 2.24) is 14.5 Å². The van der Waals surface area contributed by atoms with Gasteiger partial charge in [-0.3, -0.25) is 4.79 Å². The van der Waals surface area contributed by atoms with Gasteiger partial charge in [0.05, 0.1) is 23.4 Å². The molecule has 1 aliphatic heterocycles. The Kier molecular flexibility index (Phi) is 3.60. The summed E-state index contributed by atoms with van der Waals surface area (Å²) in [7, 11) is 0. The van der Waals surface area contributed by atoms with Gasteiger partial charge in [0.15, 0.2) is 0 Å². The molecule has 2 aromatic rings. The number of hydrogen-bond donors (Lipinski definition) is 0. The molecule has 1 aromatic heterocycles. The fourth-order valence-corrected chi connectivity index (χ4v) is 4.06. The van der Waals surface area contributed by atoms with Crippen molar-refractivity contribution in [2.24, 2.45) is 5.92 Å². The van der Waals surface area contributed by atoms with Gasteiger partial charge in [-0.2, -0.15) is 0 Å². The van der Waals surface area contributed by atoms with Gasteiger partial charge in [0.2, 0.25) is 5.91 Å². The lowest BCUT2D eigenvalue weighted by Crippen LogP contribution is -2.30. The van der Waals surface area contributed by atoms with E-state index in [9.17, 15) is 4.79 Å². The molecule has 2 heterocycles. The molecule has 1 saturated carbocycles. The summed E-state index contributed by atoms with van der Waals surface area (Å²) in [5.41, 5.74) is 2.22. The molecule has 0 bridgehead atoms. The third kappa shape index (κ3) is 2.51. The molecular formula is C18H23N3O. The van der Waals surface area contributed by atoms with Crippen molar-refractivity contribution >= 4 is 16.9 Å². The van der Waals surface area contributed by atoms with E-state index in [0.717, 1.165) is 31.4 Å². The Morgan fingerprint density at radius 2 is 2.00 bits per heavy atom. The molecule has 1 unspecified atom stereocenters. The molecule has 2 fully saturated rings. The second-order valence-electron chi connectivity index (χ2n) is 6.78. The first-order valence-electron chi connectivity index (χ1n) is 8.50. The second-order valence-corrected chi connectivity index (χ2v) is 6.78. The standard InChI is InChI=1S/C18H23N3O/c22-18(11-14-5-1-2-6-14)20-10-9-15(12-20)21-13-19-16-7-3-4-8-17(16)21/h3-4,7-8,13-15H,1-2,5-6,9-12H2. The summed E-state index contributed by atoms with van der Waals surface area (Å²) in [6.07, 6.45) is 8.84. The maximum absolute atomic E-state index is 12.5. The van der Waals surface area contributed by atoms with Gasteiger partial charge in [-0.1, -0.05) is 25.0 Å². The summed E-state index contributed by atoms with van der Waals surface area (Å²) in [4.78, 5) is 19.0. The van der Waals surface area contributed by atoms with Crippen LogP contribution in [0, 0.1) is 5.92 Å². The molecule has 2 aliphatic rings. The molecule has 0 spiro atoms. The van der Waals surface area contributed by atoms with Gasteiger partial charge in [-0.15, -0.1) is 0 Å². The number of imidazole rings is 1. The van der Waals surface area contributed by atoms with Crippen molar-refractivity contribution in [3.63, 3.8) is 0 Å². The highest BCUT2D eigenvalue weighted by molar-refractivity contribution is 5.77. The van der Waals surface area contributed by atoms with E-state index in [4.69, 9.17) is 0 Å². The van der Waals surface area contributed by atoms with Crippen molar-refractivity contribution in [3.8, 4) is 0 Å². The number of para-hydroxylation sites is 2. The minimum absolute atomic E-state index is 0.360. The maximum atomic E-state index is 12.5. The topological polar surface area (TPSA) is 38.1 Å². The summed E-state index contributed by atoms with van der Waals surface area (Å²) < 4.78 is 2.25. The molecule has 4 rings (SSSR count). The van der Waals surface area contributed by atoms with Gasteiger partial charge in [-0.25, -0.2) is 4.98 Å². The quantitative estimate of drug-likeness (QED) is 0.871. The molecule has 1 aromatic carbocycles. The van der Waals surface area contributed by atoms with E-state index in [2.05, 4.69) is 26.6 Å². The number of carbonyl (C=O) groups excluding carboxylic acids is 1. The average molecular weight is 297 g/mol. The zero-order valence-electron chi connectivity index (χ0n) is 12.9. The number of hydrogen-bond acceptors (Lipinski definition) is 2. The molecule has 4 nitrogen and oxygen atoms in total. The monoisotopic (exact) mass is 297 g/mol. The highest BCUT2D eigenvalue weighted by Gasteiger charge is 2.29. The Labute approximate surface area is 131 Å². The first-order valence-corrected chi connectivity index (χ1v) is 8.50. The van der Waals surface area contributed by atoms with Crippen LogP contribution in [0.1, 0.15) is 44.6 Å². The van der Waals surface area contributed by atoms with E-state index in [1.807, 2.05) is 18.5 Å². The van der Waals surface area contributed by atoms with E-state index in [-0.39, 0.29) is 0 Å². The molecule has 1 saturated heterocycles. The van der Waals surface area contributed by atoms with Gasteiger partial charge >= 0.3 is 0 Å². The van der Waals surface area contributed by atoms with Gasteiger partial charge in [0.25, 0.3) is 0 Å². The largest absolute Gasteiger partial charge is 0.341 e. The summed E-state index contributed by atoms with van der Waals surface area (Å²) in [5, 5.41) is 0. The van der Waals surface area contributed by atoms with Crippen LogP contribution in [-0.4, -0.2) is 33.4 Å². The minimum atomic E-state index is 0.360. The zero-order chi connectivity index (χ0) is 14.9. The lowest BCUT2D eigenvalue weighted by molar-refractivity contribution is -0.131. The molecule has 0 radical (unpaired) electrons. The molecule has 1 atom stereocenters. The fraction of sp³-hybridized carbons (Fsp3) is 0.556. The number of aromatic nitrogens is 2. The third-order valence-corrected chi connectivity index (χ3v) is 5.33. The Hall–Kier alpha value is -1.84. The van der Waals surface area contributed by atoms with Crippen molar-refractivity contribution < 1.29 is 4.79 Å². The van der Waals surface area contributed by atoms with Crippen LogP contribution in [0.5, 0.6) is 0 Å². The van der Waals surface area contributed by atoms with Gasteiger partial charge < -0.3 is 9.47 Å². The number of fused-ring (bicyclic) bond motifs is 1. The lowest BCUT2D eigenvalue weighted by atomic mass is 10.0. The van der Waals surface area contributed by atoms with Gasteiger partial charge in [0, 0.05) is 19.5 Å². The second kappa shape index (κ2) is 5.75. The molecular weight excluding hydrogens is 274 g/mol. The van der Waals surface area contributed by atoms with Crippen molar-refractivity contribution in [2.45, 2.75) is 44.6 Å². The number of likely N-dealkylation sites (tertiary alicyclic amines) is 1. The number of amides is 1. The average Bonchev–Trinajstić information content (AvgIpc) is 3.27. The van der Waals surface area contributed by atoms with E-state index < -0.39 is 0 Å². The summed E-state index contributed by atoms with van der Waals surface area (Å²) in [6.45, 7) is 1.73. The summed E-state index contributed by atoms with van der Waals surface area (Å²) >= 11 is 0. The van der Waals surface area contributed by atoms with Crippen LogP contribution in [0.4, 0.5) is 0 Å². The third-order valence-electron chi connectivity index (χ3n) is 5.33. The van der Waals surface area contributed by atoms with Crippen LogP contribution in [0.2, 0.25) is 0 Å². The number of benzene rings is 1. The van der Waals surface area contributed by atoms with E-state index in [1.54, 1.807) is 0 Å². The molecule has 1 amide bonds. The van der Waals surface area contributed by atoms with Crippen LogP contribution in [0.25, 0.3) is 11.0 Å². The summed E-state index contributed by atoms with van der Waals surface area (Å²) in [6, 6.07) is 8.61.